The number of methoxy groups -OCH3 is 1. The van der Waals surface area contributed by atoms with E-state index in [-0.39, 0.29) is 0 Å². The van der Waals surface area contributed by atoms with Crippen molar-refractivity contribution in [1.29, 1.82) is 0 Å². The fourth-order valence-corrected chi connectivity index (χ4v) is 2.34. The van der Waals surface area contributed by atoms with Crippen molar-refractivity contribution in [2.45, 2.75) is 13.2 Å². The second-order valence-electron chi connectivity index (χ2n) is 4.89. The summed E-state index contributed by atoms with van der Waals surface area (Å²) in [6, 6.07) is 9.06. The average molecular weight is 297 g/mol. The molecule has 3 rings (SSSR count). The normalized spacial score (nSPS) is 15.0. The summed E-state index contributed by atoms with van der Waals surface area (Å²) < 4.78 is 22.4. The Morgan fingerprint density at radius 1 is 1.18 bits per heavy atom. The Balaban J connectivity index is 1.99. The van der Waals surface area contributed by atoms with Crippen LogP contribution in [0.4, 0.5) is 0 Å². The Kier molecular flexibility index (Phi) is 4.31. The van der Waals surface area contributed by atoms with Crippen LogP contribution >= 0.6 is 0 Å². The van der Waals surface area contributed by atoms with Gasteiger partial charge in [-0.15, -0.1) is 0 Å². The van der Waals surface area contributed by atoms with E-state index >= 15 is 0 Å². The summed E-state index contributed by atoms with van der Waals surface area (Å²) in [6.07, 6.45) is -0.538. The van der Waals surface area contributed by atoms with Crippen LogP contribution in [0, 0.1) is 6.92 Å². The molecule has 6 heteroatoms. The van der Waals surface area contributed by atoms with Crippen molar-refractivity contribution in [2.75, 3.05) is 20.3 Å². The molecule has 1 aromatic heterocycles. The third-order valence-corrected chi connectivity index (χ3v) is 3.33. The van der Waals surface area contributed by atoms with Gasteiger partial charge in [0.25, 0.3) is 0 Å². The predicted octanol–water partition coefficient (Wildman–Crippen LogP) is 2.03. The van der Waals surface area contributed by atoms with Crippen molar-refractivity contribution in [3.8, 4) is 17.4 Å². The first-order valence-electron chi connectivity index (χ1n) is 7.00. The molecular weight excluding hydrogens is 281 g/mol. The molecule has 1 aliphatic rings. The number of rotatable bonds is 4. The van der Waals surface area contributed by atoms with Gasteiger partial charge in [0.05, 0.1) is 20.3 Å². The van der Waals surface area contributed by atoms with Gasteiger partial charge in [-0.05, 0) is 19.1 Å². The zero-order chi connectivity index (χ0) is 15.5. The SMILES string of the molecule is [B]c1ccc(Oc2cccc(C)n2)c(OC)c1C1OCCO1. The van der Waals surface area contributed by atoms with Gasteiger partial charge in [0.2, 0.25) is 5.88 Å². The van der Waals surface area contributed by atoms with Crippen LogP contribution in [-0.2, 0) is 9.47 Å². The maximum Gasteiger partial charge on any atom is 0.219 e. The molecule has 2 aromatic rings. The monoisotopic (exact) mass is 297 g/mol. The second-order valence-corrected chi connectivity index (χ2v) is 4.89. The molecule has 0 saturated carbocycles. The minimum absolute atomic E-state index is 0.488. The minimum Gasteiger partial charge on any atom is -0.492 e. The molecule has 0 unspecified atom stereocenters. The van der Waals surface area contributed by atoms with Crippen molar-refractivity contribution in [1.82, 2.24) is 4.98 Å². The van der Waals surface area contributed by atoms with Crippen LogP contribution in [0.5, 0.6) is 17.4 Å². The van der Waals surface area contributed by atoms with Gasteiger partial charge in [0.15, 0.2) is 17.8 Å². The standard InChI is InChI=1S/C16H16BNO4/c1-10-4-3-5-13(18-10)22-12-7-6-11(17)14(15(12)19-2)16-20-8-9-21-16/h3-7,16H,8-9H2,1-2H3. The Bertz CT molecular complexity index is 671. The number of nitrogens with zero attached hydrogens (tertiary/aromatic N) is 1. The molecule has 0 amide bonds. The smallest absolute Gasteiger partial charge is 0.219 e. The number of ether oxygens (including phenoxy) is 4. The molecular formula is C16H16BNO4. The highest BCUT2D eigenvalue weighted by Crippen LogP contribution is 2.38. The molecule has 22 heavy (non-hydrogen) atoms. The van der Waals surface area contributed by atoms with Crippen LogP contribution in [0.25, 0.3) is 0 Å². The molecule has 112 valence electrons. The van der Waals surface area contributed by atoms with Gasteiger partial charge in [0, 0.05) is 17.3 Å². The Labute approximate surface area is 130 Å². The molecule has 0 aliphatic carbocycles. The van der Waals surface area contributed by atoms with Crippen LogP contribution < -0.4 is 14.9 Å². The number of aryl methyl sites for hydroxylation is 1. The van der Waals surface area contributed by atoms with E-state index in [1.165, 1.54) is 0 Å². The number of pyridine rings is 1. The molecule has 0 N–H and O–H groups in total. The minimum atomic E-state index is -0.538. The summed E-state index contributed by atoms with van der Waals surface area (Å²) in [5.74, 6) is 1.50. The van der Waals surface area contributed by atoms with E-state index in [0.717, 1.165) is 5.69 Å². The van der Waals surface area contributed by atoms with E-state index in [1.807, 2.05) is 19.1 Å². The fourth-order valence-electron chi connectivity index (χ4n) is 2.34. The van der Waals surface area contributed by atoms with Crippen molar-refractivity contribution in [3.63, 3.8) is 0 Å². The van der Waals surface area contributed by atoms with Crippen LogP contribution in [0.15, 0.2) is 30.3 Å². The molecule has 0 spiro atoms. The highest BCUT2D eigenvalue weighted by atomic mass is 16.7. The van der Waals surface area contributed by atoms with E-state index in [4.69, 9.17) is 26.8 Å². The van der Waals surface area contributed by atoms with Crippen LogP contribution in [-0.4, -0.2) is 33.2 Å². The first-order valence-corrected chi connectivity index (χ1v) is 7.00. The summed E-state index contributed by atoms with van der Waals surface area (Å²) in [6.45, 7) is 2.95. The van der Waals surface area contributed by atoms with E-state index in [9.17, 15) is 0 Å². The van der Waals surface area contributed by atoms with Gasteiger partial charge in [-0.3, -0.25) is 0 Å². The molecule has 5 nitrogen and oxygen atoms in total. The van der Waals surface area contributed by atoms with Gasteiger partial charge < -0.3 is 18.9 Å². The van der Waals surface area contributed by atoms with Gasteiger partial charge in [-0.1, -0.05) is 17.6 Å². The average Bonchev–Trinajstić information content (AvgIpc) is 3.02. The Morgan fingerprint density at radius 3 is 2.64 bits per heavy atom. The maximum atomic E-state index is 6.05. The fraction of sp³-hybridized carbons (Fsp3) is 0.312. The Morgan fingerprint density at radius 2 is 1.95 bits per heavy atom. The highest BCUT2D eigenvalue weighted by molar-refractivity contribution is 6.33. The molecule has 2 heterocycles. The second kappa shape index (κ2) is 6.38. The van der Waals surface area contributed by atoms with Crippen LogP contribution in [0.3, 0.4) is 0 Å². The molecule has 1 aliphatic heterocycles. The summed E-state index contributed by atoms with van der Waals surface area (Å²) in [5, 5.41) is 0. The zero-order valence-corrected chi connectivity index (χ0v) is 12.5. The van der Waals surface area contributed by atoms with Crippen molar-refractivity contribution < 1.29 is 18.9 Å². The van der Waals surface area contributed by atoms with Crippen molar-refractivity contribution >= 4 is 13.3 Å². The van der Waals surface area contributed by atoms with E-state index in [2.05, 4.69) is 4.98 Å². The lowest BCUT2D eigenvalue weighted by Crippen LogP contribution is -2.17. The maximum absolute atomic E-state index is 6.05. The first-order chi connectivity index (χ1) is 10.7. The van der Waals surface area contributed by atoms with E-state index in [0.29, 0.717) is 41.6 Å². The number of aromatic nitrogens is 1. The molecule has 1 fully saturated rings. The molecule has 2 radical (unpaired) electrons. The summed E-state index contributed by atoms with van der Waals surface area (Å²) in [5.41, 5.74) is 2.05. The van der Waals surface area contributed by atoms with Gasteiger partial charge in [0.1, 0.15) is 7.85 Å². The summed E-state index contributed by atoms with van der Waals surface area (Å²) in [7, 11) is 7.61. The van der Waals surface area contributed by atoms with E-state index < -0.39 is 6.29 Å². The van der Waals surface area contributed by atoms with Crippen LogP contribution in [0.2, 0.25) is 0 Å². The van der Waals surface area contributed by atoms with Gasteiger partial charge in [-0.2, -0.15) is 0 Å². The lowest BCUT2D eigenvalue weighted by molar-refractivity contribution is -0.0448. The zero-order valence-electron chi connectivity index (χ0n) is 12.5. The summed E-state index contributed by atoms with van der Waals surface area (Å²) in [4.78, 5) is 4.32. The molecule has 0 bridgehead atoms. The number of hydrogen-bond donors (Lipinski definition) is 0. The third kappa shape index (κ3) is 2.93. The van der Waals surface area contributed by atoms with Gasteiger partial charge >= 0.3 is 0 Å². The largest absolute Gasteiger partial charge is 0.492 e. The number of benzene rings is 1. The third-order valence-electron chi connectivity index (χ3n) is 3.33. The van der Waals surface area contributed by atoms with E-state index in [1.54, 1.807) is 25.3 Å². The van der Waals surface area contributed by atoms with Crippen LogP contribution in [0.1, 0.15) is 17.5 Å². The molecule has 1 aromatic carbocycles. The quantitative estimate of drug-likeness (QED) is 0.808. The first kappa shape index (κ1) is 14.9. The van der Waals surface area contributed by atoms with Crippen molar-refractivity contribution in [3.05, 3.63) is 41.6 Å². The van der Waals surface area contributed by atoms with Gasteiger partial charge in [-0.25, -0.2) is 4.98 Å². The lowest BCUT2D eigenvalue weighted by Gasteiger charge is -2.19. The molecule has 0 atom stereocenters. The number of hydrogen-bond acceptors (Lipinski definition) is 5. The highest BCUT2D eigenvalue weighted by Gasteiger charge is 2.26. The topological polar surface area (TPSA) is 49.8 Å². The predicted molar refractivity (Wildman–Crippen MR) is 82.1 cm³/mol. The lowest BCUT2D eigenvalue weighted by atomic mass is 9.89. The van der Waals surface area contributed by atoms with Crippen molar-refractivity contribution in [2.24, 2.45) is 0 Å². The summed E-state index contributed by atoms with van der Waals surface area (Å²) >= 11 is 0. The molecule has 1 saturated heterocycles. The Hall–Kier alpha value is -2.05.